The summed E-state index contributed by atoms with van der Waals surface area (Å²) in [7, 11) is 0. The molecule has 0 spiro atoms. The Morgan fingerprint density at radius 2 is 0.750 bits per heavy atom. The van der Waals surface area contributed by atoms with Gasteiger partial charge < -0.3 is 9.80 Å². The Bertz CT molecular complexity index is 2750. The highest BCUT2D eigenvalue weighted by Crippen LogP contribution is 2.43. The van der Waals surface area contributed by atoms with E-state index in [0.717, 1.165) is 44.9 Å². The van der Waals surface area contributed by atoms with Gasteiger partial charge in [-0.1, -0.05) is 91.0 Å². The van der Waals surface area contributed by atoms with E-state index in [2.05, 4.69) is 10.00 Å². The normalized spacial score (nSPS) is 11.3. The molecule has 5 aromatic carbocycles. The van der Waals surface area contributed by atoms with Gasteiger partial charge in [-0.2, -0.15) is 23.4 Å². The van der Waals surface area contributed by atoms with Crippen LogP contribution in [0.5, 0.6) is 0 Å². The summed E-state index contributed by atoms with van der Waals surface area (Å²) in [6, 6.07) is 59.6. The minimum Gasteiger partial charge on any atom is -0.310 e. The second kappa shape index (κ2) is 16.1. The van der Waals surface area contributed by atoms with Crippen LogP contribution in [-0.4, -0.2) is 29.5 Å². The molecule has 0 amide bonds. The molecule has 0 saturated carbocycles. The van der Waals surface area contributed by atoms with E-state index in [1.807, 2.05) is 199 Å². The lowest BCUT2D eigenvalue weighted by molar-refractivity contribution is -0.141. The first-order valence-electron chi connectivity index (χ1n) is 19.1. The Balaban J connectivity index is 1.32. The van der Waals surface area contributed by atoms with Crippen molar-refractivity contribution < 1.29 is 13.2 Å². The molecular weight excluding hydrogens is 760 g/mol. The molecule has 294 valence electrons. The molecule has 12 heteroatoms. The van der Waals surface area contributed by atoms with Gasteiger partial charge >= 0.3 is 6.18 Å². The minimum absolute atomic E-state index is 0.157. The number of rotatable bonds is 11. The quantitative estimate of drug-likeness (QED) is 0.129. The van der Waals surface area contributed by atoms with Crippen molar-refractivity contribution in [2.24, 2.45) is 0 Å². The molecule has 4 aromatic heterocycles. The molecule has 0 atom stereocenters. The number of para-hydroxylation sites is 5. The number of aryl methyl sites for hydroxylation is 1. The van der Waals surface area contributed by atoms with Gasteiger partial charge in [0.2, 0.25) is 0 Å². The monoisotopic (exact) mass is 795 g/mol. The Labute approximate surface area is 344 Å². The van der Waals surface area contributed by atoms with Crippen molar-refractivity contribution in [2.45, 2.75) is 13.1 Å². The molecule has 9 rings (SSSR count). The van der Waals surface area contributed by atoms with Gasteiger partial charge in [-0.25, -0.2) is 19.3 Å². The maximum atomic E-state index is 14.0. The first kappa shape index (κ1) is 37.6. The maximum Gasteiger partial charge on any atom is 0.435 e. The lowest BCUT2D eigenvalue weighted by atomic mass is 10.1. The molecule has 0 saturated heterocycles. The maximum absolute atomic E-state index is 14.0. The molecule has 0 N–H and O–H groups in total. The van der Waals surface area contributed by atoms with Crippen LogP contribution in [0.4, 0.5) is 64.6 Å². The molecule has 60 heavy (non-hydrogen) atoms. The summed E-state index contributed by atoms with van der Waals surface area (Å²) in [6.45, 7) is 1.92. The van der Waals surface area contributed by atoms with E-state index < -0.39 is 11.9 Å². The summed E-state index contributed by atoms with van der Waals surface area (Å²) >= 11 is 0. The zero-order valence-electron chi connectivity index (χ0n) is 32.2. The minimum atomic E-state index is -4.66. The van der Waals surface area contributed by atoms with Crippen LogP contribution in [0.25, 0.3) is 11.6 Å². The van der Waals surface area contributed by atoms with Gasteiger partial charge in [0.25, 0.3) is 0 Å². The molecule has 0 aliphatic heterocycles. The Morgan fingerprint density at radius 1 is 0.400 bits per heavy atom. The number of pyridine rings is 2. The first-order chi connectivity index (χ1) is 29.3. The Kier molecular flexibility index (Phi) is 10.1. The number of aromatic nitrogens is 6. The summed E-state index contributed by atoms with van der Waals surface area (Å²) in [4.78, 5) is 16.4. The van der Waals surface area contributed by atoms with E-state index in [1.54, 1.807) is 10.7 Å². The molecule has 9 nitrogen and oxygen atoms in total. The van der Waals surface area contributed by atoms with Crippen LogP contribution in [0.1, 0.15) is 11.4 Å². The van der Waals surface area contributed by atoms with Crippen LogP contribution in [0.3, 0.4) is 0 Å². The van der Waals surface area contributed by atoms with Gasteiger partial charge in [-0.05, 0) is 79.7 Å². The average Bonchev–Trinajstić information content (AvgIpc) is 3.97. The van der Waals surface area contributed by atoms with Gasteiger partial charge in [-0.15, -0.1) is 0 Å². The van der Waals surface area contributed by atoms with E-state index in [4.69, 9.17) is 15.1 Å². The predicted molar refractivity (Wildman–Crippen MR) is 230 cm³/mol. The van der Waals surface area contributed by atoms with Crippen LogP contribution >= 0.6 is 0 Å². The van der Waals surface area contributed by atoms with Gasteiger partial charge in [0.05, 0.1) is 17.1 Å². The van der Waals surface area contributed by atoms with Crippen molar-refractivity contribution in [1.29, 1.82) is 0 Å². The van der Waals surface area contributed by atoms with Gasteiger partial charge in [-0.3, -0.25) is 4.90 Å². The van der Waals surface area contributed by atoms with Gasteiger partial charge in [0.15, 0.2) is 17.3 Å². The molecule has 4 heterocycles. The fraction of sp³-hybridized carbons (Fsp3) is 0.0417. The zero-order chi connectivity index (χ0) is 41.1. The van der Waals surface area contributed by atoms with E-state index in [0.29, 0.717) is 28.8 Å². The van der Waals surface area contributed by atoms with E-state index in [-0.39, 0.29) is 5.82 Å². The zero-order valence-corrected chi connectivity index (χ0v) is 32.2. The number of benzene rings is 5. The predicted octanol–water partition coefficient (Wildman–Crippen LogP) is 12.6. The number of hydrogen-bond acceptors (Lipinski definition) is 7. The number of hydrogen-bond donors (Lipinski definition) is 0. The fourth-order valence-electron chi connectivity index (χ4n) is 7.01. The first-order valence-corrected chi connectivity index (χ1v) is 19.1. The standard InChI is InChI=1S/C48H36F3N9/c1-35-27-29-56(54-35)44-31-41(58(36-17-7-2-8-18-36)37-19-9-3-10-20-37)33-46(52-44)60(40-25-15-6-16-26-40)47-34-42(32-45(53-47)57-30-28-43(55-57)48(49,50)51)59(38-21-11-4-12-22-38)39-23-13-5-14-24-39/h2-34H,1H3. The lowest BCUT2D eigenvalue weighted by Crippen LogP contribution is -2.19. The van der Waals surface area contributed by atoms with Crippen LogP contribution in [0.15, 0.2) is 200 Å². The fourth-order valence-corrected chi connectivity index (χ4v) is 7.01. The average molecular weight is 796 g/mol. The van der Waals surface area contributed by atoms with Crippen LogP contribution in [0, 0.1) is 6.92 Å². The SMILES string of the molecule is Cc1ccn(-c2cc(N(c3ccccc3)c3ccccc3)cc(N(c3ccccc3)c3cc(N(c4ccccc4)c4ccccc4)cc(-n4ccc(C(F)(F)F)n4)n3)n2)n1. The number of nitrogens with zero attached hydrogens (tertiary/aromatic N) is 9. The van der Waals surface area contributed by atoms with Crippen molar-refractivity contribution in [3.8, 4) is 11.6 Å². The number of halogens is 3. The van der Waals surface area contributed by atoms with Crippen molar-refractivity contribution in [1.82, 2.24) is 29.5 Å². The molecule has 0 fully saturated rings. The lowest BCUT2D eigenvalue weighted by Gasteiger charge is -2.30. The van der Waals surface area contributed by atoms with E-state index in [9.17, 15) is 13.2 Å². The van der Waals surface area contributed by atoms with Crippen molar-refractivity contribution in [2.75, 3.05) is 14.7 Å². The van der Waals surface area contributed by atoms with Crippen LogP contribution in [-0.2, 0) is 6.18 Å². The highest BCUT2D eigenvalue weighted by molar-refractivity contribution is 5.84. The summed E-state index contributed by atoms with van der Waals surface area (Å²) in [5, 5.41) is 8.71. The number of anilines is 9. The van der Waals surface area contributed by atoms with E-state index in [1.165, 1.54) is 6.20 Å². The molecule has 0 aliphatic carbocycles. The molecule has 9 aromatic rings. The van der Waals surface area contributed by atoms with Crippen molar-refractivity contribution in [3.05, 3.63) is 212 Å². The number of alkyl halides is 3. The van der Waals surface area contributed by atoms with Crippen molar-refractivity contribution >= 4 is 51.4 Å². The summed E-state index contributed by atoms with van der Waals surface area (Å²) < 4.78 is 44.9. The smallest absolute Gasteiger partial charge is 0.310 e. The Hall–Kier alpha value is -7.99. The second-order valence-electron chi connectivity index (χ2n) is 13.8. The molecule has 0 bridgehead atoms. The second-order valence-corrected chi connectivity index (χ2v) is 13.8. The highest BCUT2D eigenvalue weighted by Gasteiger charge is 2.34. The van der Waals surface area contributed by atoms with E-state index >= 15 is 0 Å². The topological polar surface area (TPSA) is 71.1 Å². The third-order valence-electron chi connectivity index (χ3n) is 9.68. The summed E-state index contributed by atoms with van der Waals surface area (Å²) in [5.74, 6) is 1.52. The largest absolute Gasteiger partial charge is 0.435 e. The molecular formula is C48H36F3N9. The summed E-state index contributed by atoms with van der Waals surface area (Å²) in [5.41, 5.74) is 5.35. The van der Waals surface area contributed by atoms with Crippen LogP contribution < -0.4 is 14.7 Å². The third kappa shape index (κ3) is 7.81. The van der Waals surface area contributed by atoms with Crippen molar-refractivity contribution in [3.63, 3.8) is 0 Å². The highest BCUT2D eigenvalue weighted by atomic mass is 19.4. The summed E-state index contributed by atoms with van der Waals surface area (Å²) in [6.07, 6.45) is -1.52. The Morgan fingerprint density at radius 3 is 1.08 bits per heavy atom. The van der Waals surface area contributed by atoms with Crippen LogP contribution in [0.2, 0.25) is 0 Å². The molecule has 0 unspecified atom stereocenters. The molecule has 0 radical (unpaired) electrons. The third-order valence-corrected chi connectivity index (χ3v) is 9.68. The molecule has 0 aliphatic rings. The van der Waals surface area contributed by atoms with Gasteiger partial charge in [0.1, 0.15) is 11.6 Å². The van der Waals surface area contributed by atoms with Gasteiger partial charge in [0, 0.05) is 65.1 Å².